The molecule has 1 atom stereocenters. The third-order valence-electron chi connectivity index (χ3n) is 2.77. The number of rotatable bonds is 5. The molecule has 0 aliphatic heterocycles. The zero-order valence-electron chi connectivity index (χ0n) is 9.89. The van der Waals surface area contributed by atoms with E-state index < -0.39 is 5.60 Å². The molecule has 0 fully saturated rings. The normalized spacial score (nSPS) is 14.5. The van der Waals surface area contributed by atoms with Crippen LogP contribution in [0.2, 0.25) is 0 Å². The van der Waals surface area contributed by atoms with Crippen molar-refractivity contribution in [2.75, 3.05) is 6.54 Å². The van der Waals surface area contributed by atoms with E-state index in [4.69, 9.17) is 0 Å². The summed E-state index contributed by atoms with van der Waals surface area (Å²) >= 11 is 1.69. The molecule has 3 heteroatoms. The largest absolute Gasteiger partial charge is 0.384 e. The van der Waals surface area contributed by atoms with Crippen LogP contribution < -0.4 is 5.32 Å². The lowest BCUT2D eigenvalue weighted by atomic mass is 9.96. The van der Waals surface area contributed by atoms with Gasteiger partial charge in [-0.2, -0.15) is 11.3 Å². The number of hydrogen-bond donors (Lipinski definition) is 2. The second kappa shape index (κ2) is 5.45. The maximum absolute atomic E-state index is 10.4. The number of nitrogens with one attached hydrogen (secondary N) is 1. The first-order valence-corrected chi connectivity index (χ1v) is 6.62. The fourth-order valence-corrected chi connectivity index (χ4v) is 2.41. The molecule has 0 radical (unpaired) electrons. The van der Waals surface area contributed by atoms with Crippen LogP contribution in [0.25, 0.3) is 0 Å². The Labute approximate surface area is 106 Å². The molecule has 1 aromatic heterocycles. The molecule has 0 spiro atoms. The highest BCUT2D eigenvalue weighted by atomic mass is 32.1. The maximum Gasteiger partial charge on any atom is 0.0992 e. The van der Waals surface area contributed by atoms with E-state index in [0.29, 0.717) is 6.54 Å². The van der Waals surface area contributed by atoms with Gasteiger partial charge in [0.15, 0.2) is 0 Å². The van der Waals surface area contributed by atoms with Crippen LogP contribution in [-0.2, 0) is 12.1 Å². The minimum absolute atomic E-state index is 0.548. The van der Waals surface area contributed by atoms with Crippen LogP contribution in [0.15, 0.2) is 47.2 Å². The highest BCUT2D eigenvalue weighted by Crippen LogP contribution is 2.19. The molecule has 1 heterocycles. The van der Waals surface area contributed by atoms with Crippen molar-refractivity contribution in [3.8, 4) is 0 Å². The van der Waals surface area contributed by atoms with Gasteiger partial charge in [-0.1, -0.05) is 30.3 Å². The first kappa shape index (κ1) is 12.3. The number of thiophene rings is 1. The smallest absolute Gasteiger partial charge is 0.0992 e. The lowest BCUT2D eigenvalue weighted by Crippen LogP contribution is -2.35. The average Bonchev–Trinajstić information content (AvgIpc) is 2.83. The summed E-state index contributed by atoms with van der Waals surface area (Å²) in [6.07, 6.45) is 0. The summed E-state index contributed by atoms with van der Waals surface area (Å²) in [6.45, 7) is 3.18. The molecule has 0 aliphatic rings. The van der Waals surface area contributed by atoms with Crippen LogP contribution in [0.5, 0.6) is 0 Å². The molecule has 17 heavy (non-hydrogen) atoms. The minimum atomic E-state index is -0.822. The van der Waals surface area contributed by atoms with Gasteiger partial charge >= 0.3 is 0 Å². The molecule has 2 rings (SSSR count). The lowest BCUT2D eigenvalue weighted by molar-refractivity contribution is 0.0567. The van der Waals surface area contributed by atoms with E-state index in [-0.39, 0.29) is 0 Å². The molecule has 2 N–H and O–H groups in total. The monoisotopic (exact) mass is 247 g/mol. The lowest BCUT2D eigenvalue weighted by Gasteiger charge is -2.24. The van der Waals surface area contributed by atoms with Crippen molar-refractivity contribution in [2.45, 2.75) is 19.1 Å². The predicted octanol–water partition coefficient (Wildman–Crippen LogP) is 2.75. The zero-order valence-corrected chi connectivity index (χ0v) is 10.7. The van der Waals surface area contributed by atoms with Gasteiger partial charge in [0.1, 0.15) is 0 Å². The van der Waals surface area contributed by atoms with Crippen LogP contribution in [0.1, 0.15) is 18.1 Å². The average molecular weight is 247 g/mol. The first-order chi connectivity index (χ1) is 8.18. The van der Waals surface area contributed by atoms with Gasteiger partial charge in [-0.25, -0.2) is 0 Å². The van der Waals surface area contributed by atoms with Crippen LogP contribution in [0.4, 0.5) is 0 Å². The van der Waals surface area contributed by atoms with E-state index in [1.165, 1.54) is 5.56 Å². The predicted molar refractivity (Wildman–Crippen MR) is 72.0 cm³/mol. The summed E-state index contributed by atoms with van der Waals surface area (Å²) < 4.78 is 0. The van der Waals surface area contributed by atoms with Crippen LogP contribution in [-0.4, -0.2) is 11.7 Å². The van der Waals surface area contributed by atoms with Crippen molar-refractivity contribution in [3.63, 3.8) is 0 Å². The van der Waals surface area contributed by atoms with Crippen molar-refractivity contribution in [1.29, 1.82) is 0 Å². The van der Waals surface area contributed by atoms with E-state index in [2.05, 4.69) is 22.1 Å². The first-order valence-electron chi connectivity index (χ1n) is 5.68. The van der Waals surface area contributed by atoms with Gasteiger partial charge in [0.05, 0.1) is 5.60 Å². The summed E-state index contributed by atoms with van der Waals surface area (Å²) in [5, 5.41) is 17.8. The van der Waals surface area contributed by atoms with E-state index in [1.807, 2.05) is 37.3 Å². The third-order valence-corrected chi connectivity index (χ3v) is 3.51. The topological polar surface area (TPSA) is 32.3 Å². The maximum atomic E-state index is 10.4. The van der Waals surface area contributed by atoms with Crippen molar-refractivity contribution >= 4 is 11.3 Å². The van der Waals surface area contributed by atoms with Gasteiger partial charge in [0, 0.05) is 13.1 Å². The number of benzene rings is 1. The van der Waals surface area contributed by atoms with E-state index in [0.717, 1.165) is 12.1 Å². The van der Waals surface area contributed by atoms with Gasteiger partial charge in [-0.05, 0) is 34.9 Å². The second-order valence-corrected chi connectivity index (χ2v) is 5.16. The summed E-state index contributed by atoms with van der Waals surface area (Å²) in [7, 11) is 0. The van der Waals surface area contributed by atoms with Gasteiger partial charge in [-0.15, -0.1) is 0 Å². The molecule has 0 amide bonds. The summed E-state index contributed by atoms with van der Waals surface area (Å²) in [5.41, 5.74) is 1.38. The highest BCUT2D eigenvalue weighted by Gasteiger charge is 2.21. The highest BCUT2D eigenvalue weighted by molar-refractivity contribution is 7.07. The fraction of sp³-hybridized carbons (Fsp3) is 0.286. The van der Waals surface area contributed by atoms with Gasteiger partial charge < -0.3 is 10.4 Å². The molecule has 1 unspecified atom stereocenters. The third kappa shape index (κ3) is 3.40. The zero-order chi connectivity index (χ0) is 12.1. The molecule has 0 bridgehead atoms. The molecule has 1 aromatic carbocycles. The van der Waals surface area contributed by atoms with Crippen LogP contribution in [0, 0.1) is 0 Å². The molecule has 2 aromatic rings. The standard InChI is InChI=1S/C14H17NOS/c1-14(16,13-5-3-2-4-6-13)11-15-9-12-7-8-17-10-12/h2-8,10,15-16H,9,11H2,1H3. The summed E-state index contributed by atoms with van der Waals surface area (Å²) in [6, 6.07) is 11.8. The van der Waals surface area contributed by atoms with Crippen molar-refractivity contribution in [3.05, 3.63) is 58.3 Å². The molecule has 2 nitrogen and oxygen atoms in total. The van der Waals surface area contributed by atoms with E-state index >= 15 is 0 Å². The Hall–Kier alpha value is -1.16. The molecular weight excluding hydrogens is 230 g/mol. The molecule has 0 aliphatic carbocycles. The SMILES string of the molecule is CC(O)(CNCc1ccsc1)c1ccccc1. The second-order valence-electron chi connectivity index (χ2n) is 4.38. The number of aliphatic hydroxyl groups is 1. The van der Waals surface area contributed by atoms with Gasteiger partial charge in [-0.3, -0.25) is 0 Å². The Morgan fingerprint density at radius 3 is 2.65 bits per heavy atom. The fourth-order valence-electron chi connectivity index (χ4n) is 1.74. The van der Waals surface area contributed by atoms with Crippen molar-refractivity contribution in [1.82, 2.24) is 5.32 Å². The molecule has 90 valence electrons. The van der Waals surface area contributed by atoms with Crippen molar-refractivity contribution < 1.29 is 5.11 Å². The molecular formula is C14H17NOS. The Kier molecular flexibility index (Phi) is 3.94. The Morgan fingerprint density at radius 2 is 2.00 bits per heavy atom. The van der Waals surface area contributed by atoms with Gasteiger partial charge in [0.2, 0.25) is 0 Å². The Bertz CT molecular complexity index is 437. The van der Waals surface area contributed by atoms with Gasteiger partial charge in [0.25, 0.3) is 0 Å². The van der Waals surface area contributed by atoms with Crippen molar-refractivity contribution in [2.24, 2.45) is 0 Å². The minimum Gasteiger partial charge on any atom is -0.384 e. The van der Waals surface area contributed by atoms with E-state index in [1.54, 1.807) is 11.3 Å². The quantitative estimate of drug-likeness (QED) is 0.851. The van der Waals surface area contributed by atoms with Crippen LogP contribution in [0.3, 0.4) is 0 Å². The summed E-state index contributed by atoms with van der Waals surface area (Å²) in [4.78, 5) is 0. The van der Waals surface area contributed by atoms with Crippen LogP contribution >= 0.6 is 11.3 Å². The Morgan fingerprint density at radius 1 is 1.24 bits per heavy atom. The molecule has 0 saturated carbocycles. The van der Waals surface area contributed by atoms with E-state index in [9.17, 15) is 5.11 Å². The molecule has 0 saturated heterocycles. The summed E-state index contributed by atoms with van der Waals surface area (Å²) in [5.74, 6) is 0. The number of hydrogen-bond acceptors (Lipinski definition) is 3. The Balaban J connectivity index is 1.90.